The van der Waals surface area contributed by atoms with Crippen LogP contribution in [0.25, 0.3) is 0 Å². The first kappa shape index (κ1) is 9.44. The van der Waals surface area contributed by atoms with Crippen LogP contribution < -0.4 is 10.6 Å². The van der Waals surface area contributed by atoms with Crippen LogP contribution in [0.2, 0.25) is 0 Å². The van der Waals surface area contributed by atoms with Crippen molar-refractivity contribution in [3.63, 3.8) is 0 Å². The van der Waals surface area contributed by atoms with Crippen molar-refractivity contribution in [2.75, 3.05) is 13.2 Å². The normalized spacial score (nSPS) is 35.1. The molecule has 1 amide bonds. The Morgan fingerprint density at radius 1 is 1.75 bits per heavy atom. The molecule has 4 N–H and O–H groups in total. The minimum absolute atomic E-state index is 0.114. The minimum atomic E-state index is -0.695. The van der Waals surface area contributed by atoms with Crippen molar-refractivity contribution in [2.45, 2.75) is 25.1 Å². The first-order valence-corrected chi connectivity index (χ1v) is 3.94. The smallest absolute Gasteiger partial charge is 0.217 e. The summed E-state index contributed by atoms with van der Waals surface area (Å²) >= 11 is 0. The molecule has 0 aliphatic carbocycles. The highest BCUT2D eigenvalue weighted by atomic mass is 16.3. The lowest BCUT2D eigenvalue weighted by molar-refractivity contribution is -0.120. The van der Waals surface area contributed by atoms with Crippen LogP contribution in [0, 0.1) is 0 Å². The van der Waals surface area contributed by atoms with Crippen molar-refractivity contribution >= 4 is 5.91 Å². The van der Waals surface area contributed by atoms with Gasteiger partial charge < -0.3 is 20.8 Å². The summed E-state index contributed by atoms with van der Waals surface area (Å²) in [7, 11) is 0. The Kier molecular flexibility index (Phi) is 3.02. The van der Waals surface area contributed by atoms with Gasteiger partial charge in [0, 0.05) is 13.5 Å². The van der Waals surface area contributed by atoms with E-state index >= 15 is 0 Å². The Labute approximate surface area is 70.8 Å². The molecule has 0 saturated carbocycles. The zero-order valence-electron chi connectivity index (χ0n) is 6.95. The number of carbonyl (C=O) groups is 1. The molecular weight excluding hydrogens is 160 g/mol. The van der Waals surface area contributed by atoms with Crippen LogP contribution in [-0.4, -0.2) is 47.5 Å². The average molecular weight is 174 g/mol. The van der Waals surface area contributed by atoms with Gasteiger partial charge in [-0.1, -0.05) is 0 Å². The van der Waals surface area contributed by atoms with E-state index in [1.165, 1.54) is 6.92 Å². The lowest BCUT2D eigenvalue weighted by atomic mass is 10.1. The Morgan fingerprint density at radius 2 is 2.42 bits per heavy atom. The van der Waals surface area contributed by atoms with Crippen LogP contribution in [0.1, 0.15) is 6.92 Å². The number of nitrogens with one attached hydrogen (secondary N) is 2. The summed E-state index contributed by atoms with van der Waals surface area (Å²) in [5.74, 6) is -0.167. The fraction of sp³-hybridized carbons (Fsp3) is 0.857. The molecule has 0 aromatic rings. The molecule has 0 spiro atoms. The molecule has 1 aliphatic heterocycles. The van der Waals surface area contributed by atoms with E-state index in [9.17, 15) is 9.90 Å². The van der Waals surface area contributed by atoms with Gasteiger partial charge in [0.15, 0.2) is 0 Å². The molecule has 1 heterocycles. The first-order valence-electron chi connectivity index (χ1n) is 3.94. The van der Waals surface area contributed by atoms with E-state index < -0.39 is 6.10 Å². The number of hydrogen-bond donors (Lipinski definition) is 4. The summed E-state index contributed by atoms with van der Waals surface area (Å²) in [4.78, 5) is 10.6. The lowest BCUT2D eigenvalue weighted by Crippen LogP contribution is -2.44. The van der Waals surface area contributed by atoms with Gasteiger partial charge in [0.25, 0.3) is 0 Å². The first-order chi connectivity index (χ1) is 5.65. The minimum Gasteiger partial charge on any atom is -0.395 e. The standard InChI is InChI=1S/C7H14N2O3/c1-4(11)9-5-2-8-6(3-10)7(5)12/h5-8,10,12H,2-3H2,1H3,(H,9,11)/t5-,6+,7+/m0/s1. The van der Waals surface area contributed by atoms with Crippen molar-refractivity contribution < 1.29 is 15.0 Å². The number of hydrogen-bond acceptors (Lipinski definition) is 4. The van der Waals surface area contributed by atoms with Gasteiger partial charge in [-0.15, -0.1) is 0 Å². The SMILES string of the molecule is CC(=O)N[C@H]1CN[C@H](CO)[C@@H]1O. The van der Waals surface area contributed by atoms with E-state index in [2.05, 4.69) is 10.6 Å². The number of carbonyl (C=O) groups excluding carboxylic acids is 1. The third-order valence-corrected chi connectivity index (χ3v) is 2.01. The number of rotatable bonds is 2. The Hall–Kier alpha value is -0.650. The Balaban J connectivity index is 2.43. The topological polar surface area (TPSA) is 81.6 Å². The fourth-order valence-electron chi connectivity index (χ4n) is 1.37. The van der Waals surface area contributed by atoms with Crippen molar-refractivity contribution in [3.8, 4) is 0 Å². The molecule has 0 bridgehead atoms. The second kappa shape index (κ2) is 3.84. The molecular formula is C7H14N2O3. The summed E-state index contributed by atoms with van der Waals surface area (Å²) < 4.78 is 0. The molecule has 1 fully saturated rings. The number of aliphatic hydroxyl groups excluding tert-OH is 2. The van der Waals surface area contributed by atoms with Crippen LogP contribution in [0.4, 0.5) is 0 Å². The quantitative estimate of drug-likeness (QED) is 0.383. The van der Waals surface area contributed by atoms with E-state index in [0.29, 0.717) is 6.54 Å². The van der Waals surface area contributed by atoms with Gasteiger partial charge >= 0.3 is 0 Å². The maximum absolute atomic E-state index is 10.6. The maximum atomic E-state index is 10.6. The summed E-state index contributed by atoms with van der Waals surface area (Å²) in [5.41, 5.74) is 0. The Morgan fingerprint density at radius 3 is 2.83 bits per heavy atom. The van der Waals surface area contributed by atoms with Crippen molar-refractivity contribution in [3.05, 3.63) is 0 Å². The highest BCUT2D eigenvalue weighted by molar-refractivity contribution is 5.73. The van der Waals surface area contributed by atoms with Gasteiger partial charge in [0.2, 0.25) is 5.91 Å². The van der Waals surface area contributed by atoms with Crippen molar-refractivity contribution in [1.29, 1.82) is 0 Å². The molecule has 1 aliphatic rings. The van der Waals surface area contributed by atoms with Gasteiger partial charge in [-0.05, 0) is 0 Å². The predicted octanol–water partition coefficient (Wildman–Crippen LogP) is -2.18. The van der Waals surface area contributed by atoms with Crippen LogP contribution in [0.3, 0.4) is 0 Å². The molecule has 1 rings (SSSR count). The maximum Gasteiger partial charge on any atom is 0.217 e. The molecule has 5 nitrogen and oxygen atoms in total. The lowest BCUT2D eigenvalue weighted by Gasteiger charge is -2.17. The zero-order chi connectivity index (χ0) is 9.14. The molecule has 0 aromatic heterocycles. The highest BCUT2D eigenvalue weighted by Crippen LogP contribution is 2.06. The van der Waals surface area contributed by atoms with E-state index in [1.54, 1.807) is 0 Å². The van der Waals surface area contributed by atoms with Gasteiger partial charge in [-0.3, -0.25) is 4.79 Å². The highest BCUT2D eigenvalue weighted by Gasteiger charge is 2.33. The van der Waals surface area contributed by atoms with Crippen LogP contribution in [0.15, 0.2) is 0 Å². The van der Waals surface area contributed by atoms with Crippen molar-refractivity contribution in [1.82, 2.24) is 10.6 Å². The molecule has 3 atom stereocenters. The molecule has 0 aromatic carbocycles. The monoisotopic (exact) mass is 174 g/mol. The summed E-state index contributed by atoms with van der Waals surface area (Å²) in [6.45, 7) is 1.79. The van der Waals surface area contributed by atoms with E-state index in [1.807, 2.05) is 0 Å². The predicted molar refractivity (Wildman–Crippen MR) is 42.5 cm³/mol. The molecule has 0 radical (unpaired) electrons. The summed E-state index contributed by atoms with van der Waals surface area (Å²) in [6, 6.07) is -0.596. The summed E-state index contributed by atoms with van der Waals surface area (Å²) in [5, 5.41) is 23.7. The molecule has 70 valence electrons. The fourth-order valence-corrected chi connectivity index (χ4v) is 1.37. The molecule has 5 heteroatoms. The third kappa shape index (κ3) is 1.94. The second-order valence-electron chi connectivity index (χ2n) is 2.99. The van der Waals surface area contributed by atoms with Crippen LogP contribution in [0.5, 0.6) is 0 Å². The van der Waals surface area contributed by atoms with Gasteiger partial charge in [-0.25, -0.2) is 0 Å². The van der Waals surface area contributed by atoms with Gasteiger partial charge in [-0.2, -0.15) is 0 Å². The van der Waals surface area contributed by atoms with Crippen LogP contribution >= 0.6 is 0 Å². The summed E-state index contributed by atoms with van der Waals surface area (Å²) in [6.07, 6.45) is -0.695. The Bertz CT molecular complexity index is 174. The average Bonchev–Trinajstić information content (AvgIpc) is 2.32. The molecule has 12 heavy (non-hydrogen) atoms. The molecule has 0 unspecified atom stereocenters. The number of amides is 1. The molecule has 1 saturated heterocycles. The van der Waals surface area contributed by atoms with E-state index in [0.717, 1.165) is 0 Å². The van der Waals surface area contributed by atoms with E-state index in [4.69, 9.17) is 5.11 Å². The van der Waals surface area contributed by atoms with E-state index in [-0.39, 0.29) is 24.6 Å². The van der Waals surface area contributed by atoms with Gasteiger partial charge in [0.05, 0.1) is 24.8 Å². The number of aliphatic hydroxyl groups is 2. The zero-order valence-corrected chi connectivity index (χ0v) is 6.95. The largest absolute Gasteiger partial charge is 0.395 e. The van der Waals surface area contributed by atoms with Crippen LogP contribution in [-0.2, 0) is 4.79 Å². The van der Waals surface area contributed by atoms with Gasteiger partial charge in [0.1, 0.15) is 0 Å². The van der Waals surface area contributed by atoms with Crippen molar-refractivity contribution in [2.24, 2.45) is 0 Å². The third-order valence-electron chi connectivity index (χ3n) is 2.01. The second-order valence-corrected chi connectivity index (χ2v) is 2.99.